The van der Waals surface area contributed by atoms with E-state index in [1.165, 1.54) is 38.1 Å². The number of rotatable bonds is 29. The van der Waals surface area contributed by atoms with Crippen molar-refractivity contribution in [3.63, 3.8) is 0 Å². The summed E-state index contributed by atoms with van der Waals surface area (Å²) in [4.78, 5) is 187. The van der Waals surface area contributed by atoms with Crippen LogP contribution in [0.2, 0.25) is 0 Å². The summed E-state index contributed by atoms with van der Waals surface area (Å²) >= 11 is 2.28. The van der Waals surface area contributed by atoms with Gasteiger partial charge in [-0.1, -0.05) is 100 Å². The van der Waals surface area contributed by atoms with Crippen LogP contribution in [0.25, 0.3) is 22.0 Å². The molecular formula is C81H111N21O16S2. The number of aromatic nitrogens is 3. The molecule has 6 heterocycles. The summed E-state index contributed by atoms with van der Waals surface area (Å²) in [6, 6.07) is 10.0. The highest BCUT2D eigenvalue weighted by atomic mass is 32.2. The van der Waals surface area contributed by atoms with Gasteiger partial charge < -0.3 is 112 Å². The second-order valence-electron chi connectivity index (χ2n) is 30.1. The Bertz CT molecular complexity index is 4490. The van der Waals surface area contributed by atoms with Crippen LogP contribution in [0.4, 0.5) is 0 Å². The lowest BCUT2D eigenvalue weighted by atomic mass is 10.0. The Morgan fingerprint density at radius 3 is 1.66 bits per heavy atom. The Kier molecular flexibility index (Phi) is 37.8. The summed E-state index contributed by atoms with van der Waals surface area (Å²) < 4.78 is 0. The van der Waals surface area contributed by atoms with Crippen molar-refractivity contribution in [1.29, 1.82) is 10.8 Å². The fourth-order valence-corrected chi connectivity index (χ4v) is 14.7. The molecule has 3 aromatic heterocycles. The molecule has 6 aromatic rings. The number of fused-ring (bicyclic) bond motifs is 3. The van der Waals surface area contributed by atoms with Gasteiger partial charge in [0.25, 0.3) is 0 Å². The Labute approximate surface area is 702 Å². The van der Waals surface area contributed by atoms with Gasteiger partial charge in [-0.25, -0.2) is 4.79 Å². The number of guanidine groups is 2. The summed E-state index contributed by atoms with van der Waals surface area (Å²) in [5, 5.41) is 91.8. The zero-order valence-corrected chi connectivity index (χ0v) is 69.3. The maximum atomic E-state index is 15.4. The molecule has 0 fully saturated rings. The van der Waals surface area contributed by atoms with Gasteiger partial charge in [-0.15, -0.1) is 0 Å². The van der Waals surface area contributed by atoms with E-state index >= 15 is 24.0 Å². The third-order valence-electron chi connectivity index (χ3n) is 19.2. The number of aliphatic hydroxyl groups excluding tert-OH is 2. The molecule has 37 nitrogen and oxygen atoms in total. The first kappa shape index (κ1) is 95.2. The van der Waals surface area contributed by atoms with E-state index in [4.69, 9.17) is 28.0 Å². The highest BCUT2D eigenvalue weighted by Crippen LogP contribution is 2.24. The number of phenolic OH excluding ortho intramolecular Hbond substituents is 1. The number of phenols is 1. The van der Waals surface area contributed by atoms with Gasteiger partial charge in [-0.3, -0.25) is 73.5 Å². The van der Waals surface area contributed by atoms with E-state index in [2.05, 4.69) is 84.1 Å². The number of aliphatic hydroxyl groups is 2. The van der Waals surface area contributed by atoms with E-state index in [0.717, 1.165) is 23.5 Å². The van der Waals surface area contributed by atoms with E-state index in [9.17, 15) is 54.0 Å². The zero-order valence-electron chi connectivity index (χ0n) is 67.7. The van der Waals surface area contributed by atoms with Gasteiger partial charge in [-0.05, 0) is 111 Å². The number of nitrogens with two attached hydrogens (primary N) is 3. The van der Waals surface area contributed by atoms with Crippen LogP contribution in [0.15, 0.2) is 122 Å². The number of pyridine rings is 2. The highest BCUT2D eigenvalue weighted by molar-refractivity contribution is 7.98. The molecule has 11 amide bonds. The largest absolute Gasteiger partial charge is 0.508 e. The number of hydrogen-bond donors (Lipinski definition) is 23. The Balaban J connectivity index is 1.31. The van der Waals surface area contributed by atoms with Crippen molar-refractivity contribution in [3.05, 3.63) is 150 Å². The van der Waals surface area contributed by atoms with Gasteiger partial charge in [-0.2, -0.15) is 23.5 Å². The third-order valence-corrected chi connectivity index (χ3v) is 21.4. The van der Waals surface area contributed by atoms with Crippen LogP contribution >= 0.6 is 23.5 Å². The molecule has 0 saturated heterocycles. The number of carboxylic acid groups (broad SMARTS) is 1. The fourth-order valence-electron chi connectivity index (χ4n) is 12.8. The topological polar surface area (TPSA) is 609 Å². The smallest absolute Gasteiger partial charge is 0.328 e. The number of aromatic hydroxyl groups is 1. The van der Waals surface area contributed by atoms with Crippen LogP contribution in [0.1, 0.15) is 108 Å². The van der Waals surface area contributed by atoms with E-state index in [-0.39, 0.29) is 111 Å². The summed E-state index contributed by atoms with van der Waals surface area (Å²) in [6.07, 6.45) is 2.48. The number of amides is 11. The fraction of sp³-hybridized carbons (Fsp3) is 0.457. The summed E-state index contributed by atoms with van der Waals surface area (Å²) in [7, 11) is 0. The Morgan fingerprint density at radius 2 is 1.11 bits per heavy atom. The first-order chi connectivity index (χ1) is 57.1. The van der Waals surface area contributed by atoms with Crippen molar-refractivity contribution < 1.29 is 78.0 Å². The van der Waals surface area contributed by atoms with Crippen molar-refractivity contribution >= 4 is 117 Å². The van der Waals surface area contributed by atoms with Gasteiger partial charge in [0.1, 0.15) is 72.2 Å². The lowest BCUT2D eigenvalue weighted by molar-refractivity contribution is -0.143. The van der Waals surface area contributed by atoms with Gasteiger partial charge >= 0.3 is 5.97 Å². The SMILES string of the molecule is CC(C)C[C@@H]1NC(=O)[C@H](CCCNC(=N)N)NC(=O)[C@H](C)NC(=O)[C@H](Cc2c[nH]c3ccccc23)NC(=O)[C@H](Cc2ccc(O)cc2)NC(=O)[C@H](CCCNC(=N)N)NC(=O)[C@@H](NC(=O)[C@H](Cc2ccccc2)NC(=O)[C@@H](NC(=O)[C@@H](N)CC(C)C)[C@@H](C)O)CSCc2ccc(cn2)-c2ccc(nc2)CSC[C@@H](C(=O)N[C@@H](CO)C(=O)O)NC1=O. The highest BCUT2D eigenvalue weighted by Gasteiger charge is 2.38. The van der Waals surface area contributed by atoms with Crippen LogP contribution in [0.5, 0.6) is 5.75 Å². The number of thioether (sulfide) groups is 2. The molecule has 26 N–H and O–H groups in total. The number of aromatic amines is 1. The second kappa shape index (κ2) is 47.6. The number of para-hydroxylation sites is 1. The number of carboxylic acids is 1. The first-order valence-corrected chi connectivity index (χ1v) is 41.7. The molecule has 0 aliphatic carbocycles. The van der Waals surface area contributed by atoms with E-state index in [0.29, 0.717) is 50.1 Å². The number of hydrogen-bond acceptors (Lipinski definition) is 22. The van der Waals surface area contributed by atoms with Crippen molar-refractivity contribution in [2.24, 2.45) is 29.0 Å². The van der Waals surface area contributed by atoms with Crippen molar-refractivity contribution in [3.8, 4) is 16.9 Å². The summed E-state index contributed by atoms with van der Waals surface area (Å²) in [6.45, 7) is 8.82. The van der Waals surface area contributed by atoms with Crippen LogP contribution in [-0.4, -0.2) is 228 Å². The van der Waals surface area contributed by atoms with Gasteiger partial charge in [0.05, 0.1) is 30.1 Å². The second-order valence-corrected chi connectivity index (χ2v) is 32.2. The molecule has 120 heavy (non-hydrogen) atoms. The normalized spacial score (nSPS) is 20.3. The van der Waals surface area contributed by atoms with Crippen molar-refractivity contribution in [1.82, 2.24) is 84.1 Å². The molecule has 39 heteroatoms. The summed E-state index contributed by atoms with van der Waals surface area (Å²) in [5.41, 5.74) is 21.8. The number of carbonyl (C=O) groups is 12. The van der Waals surface area contributed by atoms with Crippen molar-refractivity contribution in [2.75, 3.05) is 31.2 Å². The minimum atomic E-state index is -1.77. The number of H-pyrrole nitrogens is 1. The molecule has 648 valence electrons. The molecule has 3 aromatic carbocycles. The molecule has 0 spiro atoms. The maximum absolute atomic E-state index is 15.4. The van der Waals surface area contributed by atoms with Gasteiger partial charge in [0, 0.05) is 96.0 Å². The van der Waals surface area contributed by atoms with Crippen LogP contribution in [0.3, 0.4) is 0 Å². The lowest BCUT2D eigenvalue weighted by Crippen LogP contribution is -2.62. The average Bonchev–Trinajstić information content (AvgIpc) is 1.66. The minimum Gasteiger partial charge on any atom is -0.508 e. The predicted molar refractivity (Wildman–Crippen MR) is 452 cm³/mol. The monoisotopic (exact) mass is 1700 g/mol. The van der Waals surface area contributed by atoms with E-state index in [1.807, 2.05) is 13.8 Å². The molecule has 13 atom stereocenters. The first-order valence-electron chi connectivity index (χ1n) is 39.3. The molecular weight excluding hydrogens is 1590 g/mol. The number of nitrogens with zero attached hydrogens (tertiary/aromatic N) is 2. The molecule has 0 unspecified atom stereocenters. The number of nitrogens with one attached hydrogen (secondary N) is 16. The number of carbonyl (C=O) groups excluding carboxylic acids is 11. The van der Waals surface area contributed by atoms with Crippen LogP contribution in [0, 0.1) is 22.7 Å². The standard InChI is InChI=1S/C81H111N21O16S2/c1-43(2)30-56(82)69(107)102-67(46(6)104)78(116)98-62(32-47-14-8-7-9-15-47)75(113)101-65-41-119-39-52-24-22-49(35-89-52)50-23-25-53(90-36-50)40-120-42-66(77(115)99-64(38-103)79(117)118)100-73(111)60(31-44(3)4)95-70(108)58(18-12-28-87-80(83)84)93-68(106)45(5)92-72(110)63(34-51-37-91-57-17-11-10-16-55(51)57)97-74(112)61(33-48-20-26-54(105)27-21-48)96-71(109)59(94-76(65)114)19-13-29-88-81(85)86/h7-11,14-17,20-27,35-37,43-46,56,58-67,91,103-105H,12-13,18-19,28-34,38-42,82H2,1-6H3,(H,92,110)(H,93,106)(H,94,114)(H,95,108)(H,96,109)(H,97,112)(H,98,116)(H,99,115)(H,100,111)(H,101,113)(H,102,107)(H,117,118)(H4,83,84,87)(H4,85,86,88)/t45-,46+,56-,58-,59-,60-,61-,62-,63-,64-,65-,66-,67-/m0/s1. The number of benzene rings is 3. The summed E-state index contributed by atoms with van der Waals surface area (Å²) in [5.74, 6) is -13.2. The van der Waals surface area contributed by atoms with E-state index in [1.54, 1.807) is 111 Å². The lowest BCUT2D eigenvalue weighted by Gasteiger charge is -2.29. The third kappa shape index (κ3) is 31.1. The molecule has 0 radical (unpaired) electrons. The van der Waals surface area contributed by atoms with Crippen LogP contribution < -0.4 is 86.3 Å². The number of aliphatic carboxylic acids is 1. The maximum Gasteiger partial charge on any atom is 0.328 e. The van der Waals surface area contributed by atoms with Crippen LogP contribution in [-0.2, 0) is 88.3 Å². The average molecular weight is 1700 g/mol. The van der Waals surface area contributed by atoms with Gasteiger partial charge in [0.2, 0.25) is 65.0 Å². The molecule has 9 rings (SSSR count). The molecule has 4 bridgehead atoms. The predicted octanol–water partition coefficient (Wildman–Crippen LogP) is -0.705. The molecule has 3 aliphatic heterocycles. The quantitative estimate of drug-likeness (QED) is 0.0157. The minimum absolute atomic E-state index is 0.00469. The van der Waals surface area contributed by atoms with Crippen molar-refractivity contribution in [2.45, 2.75) is 189 Å². The van der Waals surface area contributed by atoms with E-state index < -0.39 is 168 Å². The molecule has 0 saturated carbocycles. The Hall–Kier alpha value is -11.9. The Morgan fingerprint density at radius 1 is 0.575 bits per heavy atom. The molecule has 3 aliphatic rings. The van der Waals surface area contributed by atoms with Gasteiger partial charge in [0.15, 0.2) is 11.9 Å². The zero-order chi connectivity index (χ0) is 87.7.